The molecular formula is C14H20N2O2S2. The molecule has 0 atom stereocenters. The van der Waals surface area contributed by atoms with Crippen molar-refractivity contribution in [2.45, 2.75) is 6.54 Å². The summed E-state index contributed by atoms with van der Waals surface area (Å²) in [4.78, 5) is 4.54. The molecule has 1 heterocycles. The zero-order valence-corrected chi connectivity index (χ0v) is 13.5. The van der Waals surface area contributed by atoms with Gasteiger partial charge in [0, 0.05) is 25.8 Å². The van der Waals surface area contributed by atoms with Gasteiger partial charge in [-0.3, -0.25) is 4.90 Å². The van der Waals surface area contributed by atoms with Crippen LogP contribution >= 0.6 is 24.0 Å². The Hall–Kier alpha value is -0.820. The van der Waals surface area contributed by atoms with Crippen molar-refractivity contribution in [3.05, 3.63) is 29.8 Å². The summed E-state index contributed by atoms with van der Waals surface area (Å²) in [6.45, 7) is 3.29. The standard InChI is InChI=1S/C14H20N2O2S2/c1-17-8-7-15-10-16(14(19)20-11-15)9-12-5-3-4-6-13(12)18-2/h3-6H,7-11H2,1-2H3. The Kier molecular flexibility index (Phi) is 6.09. The summed E-state index contributed by atoms with van der Waals surface area (Å²) in [6, 6.07) is 8.08. The first-order valence-corrected chi connectivity index (χ1v) is 7.89. The molecule has 0 spiro atoms. The van der Waals surface area contributed by atoms with Gasteiger partial charge in [-0.25, -0.2) is 0 Å². The summed E-state index contributed by atoms with van der Waals surface area (Å²) in [5, 5.41) is 0. The lowest BCUT2D eigenvalue weighted by atomic mass is 10.2. The van der Waals surface area contributed by atoms with Crippen molar-refractivity contribution in [3.8, 4) is 5.75 Å². The van der Waals surface area contributed by atoms with E-state index in [1.807, 2.05) is 18.2 Å². The van der Waals surface area contributed by atoms with Gasteiger partial charge in [-0.1, -0.05) is 42.2 Å². The fourth-order valence-electron chi connectivity index (χ4n) is 2.09. The van der Waals surface area contributed by atoms with Gasteiger partial charge in [0.15, 0.2) is 0 Å². The van der Waals surface area contributed by atoms with E-state index in [0.29, 0.717) is 0 Å². The van der Waals surface area contributed by atoms with E-state index in [9.17, 15) is 0 Å². The van der Waals surface area contributed by atoms with Crippen LogP contribution in [-0.4, -0.2) is 54.0 Å². The number of nitrogens with zero attached hydrogens (tertiary/aromatic N) is 2. The number of benzene rings is 1. The molecule has 1 saturated heterocycles. The molecule has 0 saturated carbocycles. The molecular weight excluding hydrogens is 292 g/mol. The second-order valence-corrected chi connectivity index (χ2v) is 6.16. The first-order valence-electron chi connectivity index (χ1n) is 6.49. The molecule has 4 nitrogen and oxygen atoms in total. The molecule has 20 heavy (non-hydrogen) atoms. The number of rotatable bonds is 6. The van der Waals surface area contributed by atoms with Crippen molar-refractivity contribution >= 4 is 28.3 Å². The van der Waals surface area contributed by atoms with Gasteiger partial charge in [-0.15, -0.1) is 0 Å². The minimum atomic E-state index is 0.746. The van der Waals surface area contributed by atoms with Crippen LogP contribution in [0.1, 0.15) is 5.56 Å². The predicted molar refractivity (Wildman–Crippen MR) is 87.0 cm³/mol. The maximum absolute atomic E-state index is 5.46. The third kappa shape index (κ3) is 4.09. The van der Waals surface area contributed by atoms with Gasteiger partial charge in [0.2, 0.25) is 0 Å². The average Bonchev–Trinajstić information content (AvgIpc) is 2.48. The molecule has 0 amide bonds. The summed E-state index contributed by atoms with van der Waals surface area (Å²) >= 11 is 7.17. The highest BCUT2D eigenvalue weighted by molar-refractivity contribution is 8.22. The van der Waals surface area contributed by atoms with E-state index >= 15 is 0 Å². The van der Waals surface area contributed by atoms with Crippen LogP contribution in [0.15, 0.2) is 24.3 Å². The highest BCUT2D eigenvalue weighted by Gasteiger charge is 2.22. The normalized spacial score (nSPS) is 16.5. The predicted octanol–water partition coefficient (Wildman–Crippen LogP) is 2.39. The zero-order chi connectivity index (χ0) is 14.4. The summed E-state index contributed by atoms with van der Waals surface area (Å²) in [6.07, 6.45) is 0. The highest BCUT2D eigenvalue weighted by atomic mass is 32.2. The van der Waals surface area contributed by atoms with E-state index in [-0.39, 0.29) is 0 Å². The number of thioether (sulfide) groups is 1. The topological polar surface area (TPSA) is 24.9 Å². The van der Waals surface area contributed by atoms with E-state index in [1.165, 1.54) is 0 Å². The van der Waals surface area contributed by atoms with E-state index in [1.54, 1.807) is 26.0 Å². The van der Waals surface area contributed by atoms with Crippen molar-refractivity contribution in [2.24, 2.45) is 0 Å². The summed E-state index contributed by atoms with van der Waals surface area (Å²) in [5.41, 5.74) is 1.16. The molecule has 0 aromatic heterocycles. The summed E-state index contributed by atoms with van der Waals surface area (Å²) in [7, 11) is 3.43. The smallest absolute Gasteiger partial charge is 0.138 e. The Morgan fingerprint density at radius 2 is 2.10 bits per heavy atom. The first kappa shape index (κ1) is 15.6. The van der Waals surface area contributed by atoms with E-state index in [0.717, 1.165) is 47.9 Å². The molecule has 6 heteroatoms. The fraction of sp³-hybridized carbons (Fsp3) is 0.500. The molecule has 1 aromatic rings. The molecule has 1 aliphatic rings. The van der Waals surface area contributed by atoms with Crippen LogP contribution in [0.25, 0.3) is 0 Å². The first-order chi connectivity index (χ1) is 9.74. The van der Waals surface area contributed by atoms with Crippen molar-refractivity contribution < 1.29 is 9.47 Å². The van der Waals surface area contributed by atoms with Gasteiger partial charge in [0.05, 0.1) is 26.3 Å². The number of hydrogen-bond donors (Lipinski definition) is 0. The molecule has 0 radical (unpaired) electrons. The summed E-state index contributed by atoms with van der Waals surface area (Å²) < 4.78 is 11.5. The van der Waals surface area contributed by atoms with Gasteiger partial charge in [-0.2, -0.15) is 0 Å². The lowest BCUT2D eigenvalue weighted by molar-refractivity contribution is 0.131. The molecule has 110 valence electrons. The van der Waals surface area contributed by atoms with Crippen molar-refractivity contribution in [1.82, 2.24) is 9.80 Å². The quantitative estimate of drug-likeness (QED) is 0.748. The minimum Gasteiger partial charge on any atom is -0.496 e. The zero-order valence-electron chi connectivity index (χ0n) is 11.9. The van der Waals surface area contributed by atoms with Gasteiger partial charge < -0.3 is 14.4 Å². The third-order valence-corrected chi connectivity index (χ3v) is 4.78. The molecule has 0 N–H and O–H groups in total. The van der Waals surface area contributed by atoms with Gasteiger partial charge >= 0.3 is 0 Å². The van der Waals surface area contributed by atoms with E-state index < -0.39 is 0 Å². The summed E-state index contributed by atoms with van der Waals surface area (Å²) in [5.74, 6) is 1.85. The fourth-order valence-corrected chi connectivity index (χ4v) is 3.18. The Labute approximate surface area is 130 Å². The van der Waals surface area contributed by atoms with Gasteiger partial charge in [-0.05, 0) is 6.07 Å². The van der Waals surface area contributed by atoms with E-state index in [2.05, 4.69) is 15.9 Å². The number of methoxy groups -OCH3 is 2. The van der Waals surface area contributed by atoms with Crippen LogP contribution < -0.4 is 4.74 Å². The minimum absolute atomic E-state index is 0.746. The average molecular weight is 312 g/mol. The Morgan fingerprint density at radius 1 is 1.30 bits per heavy atom. The molecule has 0 aliphatic carbocycles. The van der Waals surface area contributed by atoms with Crippen molar-refractivity contribution in [3.63, 3.8) is 0 Å². The third-order valence-electron chi connectivity index (χ3n) is 3.16. The second-order valence-electron chi connectivity index (χ2n) is 4.58. The molecule has 2 rings (SSSR count). The van der Waals surface area contributed by atoms with Gasteiger partial charge in [0.1, 0.15) is 10.1 Å². The van der Waals surface area contributed by atoms with E-state index in [4.69, 9.17) is 21.7 Å². The van der Waals surface area contributed by atoms with Crippen LogP contribution in [0.3, 0.4) is 0 Å². The number of thiocarbonyl (C=S) groups is 1. The Morgan fingerprint density at radius 3 is 2.85 bits per heavy atom. The molecule has 0 unspecified atom stereocenters. The largest absolute Gasteiger partial charge is 0.496 e. The maximum Gasteiger partial charge on any atom is 0.138 e. The Balaban J connectivity index is 2.00. The molecule has 0 bridgehead atoms. The van der Waals surface area contributed by atoms with Crippen LogP contribution in [0, 0.1) is 0 Å². The second kappa shape index (κ2) is 7.83. The van der Waals surface area contributed by atoms with Crippen molar-refractivity contribution in [2.75, 3.05) is 39.9 Å². The van der Waals surface area contributed by atoms with Crippen LogP contribution in [0.4, 0.5) is 0 Å². The molecule has 1 aliphatic heterocycles. The monoisotopic (exact) mass is 312 g/mol. The lowest BCUT2D eigenvalue weighted by Gasteiger charge is -2.36. The Bertz CT molecular complexity index is 457. The van der Waals surface area contributed by atoms with Crippen LogP contribution in [-0.2, 0) is 11.3 Å². The SMILES string of the molecule is COCCN1CSC(=S)N(Cc2ccccc2OC)C1. The van der Waals surface area contributed by atoms with Crippen LogP contribution in [0.2, 0.25) is 0 Å². The number of ether oxygens (including phenoxy) is 2. The lowest BCUT2D eigenvalue weighted by Crippen LogP contribution is -2.45. The van der Waals surface area contributed by atoms with Crippen molar-refractivity contribution in [1.29, 1.82) is 0 Å². The molecule has 1 aromatic carbocycles. The van der Waals surface area contributed by atoms with Crippen LogP contribution in [0.5, 0.6) is 5.75 Å². The number of hydrogen-bond acceptors (Lipinski definition) is 5. The van der Waals surface area contributed by atoms with Gasteiger partial charge in [0.25, 0.3) is 0 Å². The number of para-hydroxylation sites is 1. The highest BCUT2D eigenvalue weighted by Crippen LogP contribution is 2.24. The molecule has 1 fully saturated rings. The maximum atomic E-state index is 5.46.